The normalized spacial score (nSPS) is 12.9. The van der Waals surface area contributed by atoms with E-state index < -0.39 is 0 Å². The molecule has 1 unspecified atom stereocenters. The third kappa shape index (κ3) is 2.76. The van der Waals surface area contributed by atoms with Gasteiger partial charge in [-0.2, -0.15) is 0 Å². The van der Waals surface area contributed by atoms with Gasteiger partial charge < -0.3 is 10.3 Å². The van der Waals surface area contributed by atoms with E-state index in [4.69, 9.17) is 0 Å². The van der Waals surface area contributed by atoms with Crippen LogP contribution in [0.4, 0.5) is 5.95 Å². The van der Waals surface area contributed by atoms with Gasteiger partial charge in [-0.25, -0.2) is 4.98 Å². The van der Waals surface area contributed by atoms with Crippen molar-refractivity contribution in [2.45, 2.75) is 24.6 Å². The van der Waals surface area contributed by atoms with Gasteiger partial charge in [0.1, 0.15) is 0 Å². The Morgan fingerprint density at radius 1 is 1.44 bits per heavy atom. The minimum Gasteiger partial charge on any atom is -0.356 e. The lowest BCUT2D eigenvalue weighted by molar-refractivity contribution is 0.772. The summed E-state index contributed by atoms with van der Waals surface area (Å²) in [5.41, 5.74) is 2.09. The summed E-state index contributed by atoms with van der Waals surface area (Å²) >= 11 is 3.61. The Morgan fingerprint density at radius 2 is 2.25 bits per heavy atom. The van der Waals surface area contributed by atoms with Crippen molar-refractivity contribution >= 4 is 32.9 Å². The molecule has 1 heterocycles. The molecule has 0 saturated carbocycles. The van der Waals surface area contributed by atoms with Gasteiger partial charge in [0.25, 0.3) is 0 Å². The van der Waals surface area contributed by atoms with Crippen LogP contribution in [0.5, 0.6) is 0 Å². The lowest BCUT2D eigenvalue weighted by Gasteiger charge is -2.06. The molecule has 2 aromatic rings. The molecule has 0 aliphatic carbocycles. The third-order valence-electron chi connectivity index (χ3n) is 2.58. The van der Waals surface area contributed by atoms with Gasteiger partial charge >= 0.3 is 0 Å². The van der Waals surface area contributed by atoms with E-state index in [1.54, 1.807) is 0 Å². The van der Waals surface area contributed by atoms with E-state index in [2.05, 4.69) is 38.1 Å². The van der Waals surface area contributed by atoms with Crippen molar-refractivity contribution in [3.8, 4) is 0 Å². The van der Waals surface area contributed by atoms with Crippen molar-refractivity contribution in [3.63, 3.8) is 0 Å². The standard InChI is InChI=1S/C12H16BrN3/c1-2-9(13)7-8-14-12-15-10-5-3-4-6-11(10)16-12/h3-6,9H,2,7-8H2,1H3,(H2,14,15,16). The average molecular weight is 282 g/mol. The maximum absolute atomic E-state index is 4.45. The largest absolute Gasteiger partial charge is 0.356 e. The number of hydrogen-bond acceptors (Lipinski definition) is 2. The molecule has 0 aliphatic rings. The molecule has 16 heavy (non-hydrogen) atoms. The van der Waals surface area contributed by atoms with Crippen molar-refractivity contribution in [2.75, 3.05) is 11.9 Å². The molecule has 86 valence electrons. The van der Waals surface area contributed by atoms with Gasteiger partial charge in [0.15, 0.2) is 0 Å². The lowest BCUT2D eigenvalue weighted by Crippen LogP contribution is -2.08. The van der Waals surface area contributed by atoms with E-state index in [-0.39, 0.29) is 0 Å². The maximum Gasteiger partial charge on any atom is 0.201 e. The van der Waals surface area contributed by atoms with Crippen LogP contribution in [0.1, 0.15) is 19.8 Å². The Balaban J connectivity index is 1.94. The summed E-state index contributed by atoms with van der Waals surface area (Å²) in [5, 5.41) is 3.30. The molecule has 0 aliphatic heterocycles. The van der Waals surface area contributed by atoms with Crippen molar-refractivity contribution in [2.24, 2.45) is 0 Å². The zero-order valence-electron chi connectivity index (χ0n) is 9.33. The number of para-hydroxylation sites is 2. The summed E-state index contributed by atoms with van der Waals surface area (Å²) in [6.07, 6.45) is 2.26. The second-order valence-corrected chi connectivity index (χ2v) is 5.12. The van der Waals surface area contributed by atoms with Gasteiger partial charge in [-0.05, 0) is 25.0 Å². The number of H-pyrrole nitrogens is 1. The zero-order valence-corrected chi connectivity index (χ0v) is 10.9. The van der Waals surface area contributed by atoms with Gasteiger partial charge in [0.2, 0.25) is 5.95 Å². The molecular weight excluding hydrogens is 266 g/mol. The number of fused-ring (bicyclic) bond motifs is 1. The minimum atomic E-state index is 0.587. The van der Waals surface area contributed by atoms with Crippen molar-refractivity contribution < 1.29 is 0 Å². The van der Waals surface area contributed by atoms with Crippen LogP contribution in [-0.4, -0.2) is 21.3 Å². The van der Waals surface area contributed by atoms with E-state index >= 15 is 0 Å². The fraction of sp³-hybridized carbons (Fsp3) is 0.417. The number of alkyl halides is 1. The number of nitrogens with zero attached hydrogens (tertiary/aromatic N) is 1. The molecule has 0 fully saturated rings. The number of imidazole rings is 1. The fourth-order valence-corrected chi connectivity index (χ4v) is 1.82. The summed E-state index contributed by atoms with van der Waals surface area (Å²) in [4.78, 5) is 8.29. The number of aromatic amines is 1. The van der Waals surface area contributed by atoms with Crippen molar-refractivity contribution in [3.05, 3.63) is 24.3 Å². The zero-order chi connectivity index (χ0) is 11.4. The molecule has 0 spiro atoms. The molecule has 0 amide bonds. The number of halogens is 1. The van der Waals surface area contributed by atoms with Crippen LogP contribution in [0, 0.1) is 0 Å². The summed E-state index contributed by atoms with van der Waals surface area (Å²) in [5.74, 6) is 0.858. The van der Waals surface area contributed by atoms with Crippen LogP contribution in [0.25, 0.3) is 11.0 Å². The SMILES string of the molecule is CCC(Br)CCNc1nc2ccccc2[nH]1. The number of benzene rings is 1. The van der Waals surface area contributed by atoms with E-state index in [1.807, 2.05) is 24.3 Å². The third-order valence-corrected chi connectivity index (χ3v) is 3.69. The first kappa shape index (κ1) is 11.5. The second-order valence-electron chi connectivity index (χ2n) is 3.82. The van der Waals surface area contributed by atoms with Crippen LogP contribution < -0.4 is 5.32 Å². The van der Waals surface area contributed by atoms with E-state index in [9.17, 15) is 0 Å². The summed E-state index contributed by atoms with van der Waals surface area (Å²) in [6, 6.07) is 8.05. The Morgan fingerprint density at radius 3 is 3.00 bits per heavy atom. The monoisotopic (exact) mass is 281 g/mol. The highest BCUT2D eigenvalue weighted by molar-refractivity contribution is 9.09. The maximum atomic E-state index is 4.45. The first-order valence-electron chi connectivity index (χ1n) is 5.62. The quantitative estimate of drug-likeness (QED) is 0.823. The first-order chi connectivity index (χ1) is 7.79. The summed E-state index contributed by atoms with van der Waals surface area (Å²) in [7, 11) is 0. The molecule has 3 nitrogen and oxygen atoms in total. The fourth-order valence-electron chi connectivity index (χ4n) is 1.59. The number of hydrogen-bond donors (Lipinski definition) is 2. The molecule has 1 aromatic heterocycles. The smallest absolute Gasteiger partial charge is 0.201 e. The molecule has 2 rings (SSSR count). The second kappa shape index (κ2) is 5.34. The van der Waals surface area contributed by atoms with Crippen LogP contribution in [0.15, 0.2) is 24.3 Å². The number of nitrogens with one attached hydrogen (secondary N) is 2. The Bertz CT molecular complexity index is 419. The van der Waals surface area contributed by atoms with Crippen molar-refractivity contribution in [1.29, 1.82) is 0 Å². The first-order valence-corrected chi connectivity index (χ1v) is 6.54. The van der Waals surface area contributed by atoms with Gasteiger partial charge in [-0.3, -0.25) is 0 Å². The summed E-state index contributed by atoms with van der Waals surface area (Å²) in [6.45, 7) is 3.12. The Labute approximate surface area is 104 Å². The van der Waals surface area contributed by atoms with Gasteiger partial charge in [0.05, 0.1) is 11.0 Å². The van der Waals surface area contributed by atoms with Crippen LogP contribution in [0.2, 0.25) is 0 Å². The van der Waals surface area contributed by atoms with Crippen LogP contribution in [-0.2, 0) is 0 Å². The highest BCUT2D eigenvalue weighted by atomic mass is 79.9. The predicted octanol–water partition coefficient (Wildman–Crippen LogP) is 3.54. The predicted molar refractivity (Wildman–Crippen MR) is 72.2 cm³/mol. The van der Waals surface area contributed by atoms with Crippen molar-refractivity contribution in [1.82, 2.24) is 9.97 Å². The molecule has 4 heteroatoms. The highest BCUT2D eigenvalue weighted by Gasteiger charge is 2.03. The number of rotatable bonds is 5. The van der Waals surface area contributed by atoms with E-state index in [0.717, 1.165) is 36.4 Å². The molecule has 1 aromatic carbocycles. The molecule has 2 N–H and O–H groups in total. The van der Waals surface area contributed by atoms with Gasteiger partial charge in [0, 0.05) is 11.4 Å². The van der Waals surface area contributed by atoms with Gasteiger partial charge in [-0.1, -0.05) is 35.0 Å². The van der Waals surface area contributed by atoms with Crippen LogP contribution >= 0.6 is 15.9 Å². The minimum absolute atomic E-state index is 0.587. The van der Waals surface area contributed by atoms with E-state index in [0.29, 0.717) is 4.83 Å². The molecular formula is C12H16BrN3. The van der Waals surface area contributed by atoms with E-state index in [1.165, 1.54) is 0 Å². The van der Waals surface area contributed by atoms with Gasteiger partial charge in [-0.15, -0.1) is 0 Å². The lowest BCUT2D eigenvalue weighted by atomic mass is 10.2. The Kier molecular flexibility index (Phi) is 3.83. The molecule has 0 bridgehead atoms. The highest BCUT2D eigenvalue weighted by Crippen LogP contribution is 2.14. The molecule has 0 saturated heterocycles. The summed E-state index contributed by atoms with van der Waals surface area (Å²) < 4.78 is 0. The topological polar surface area (TPSA) is 40.7 Å². The number of aromatic nitrogens is 2. The average Bonchev–Trinajstić information content (AvgIpc) is 2.71. The molecule has 1 atom stereocenters. The number of anilines is 1. The molecule has 0 radical (unpaired) electrons. The van der Waals surface area contributed by atoms with Crippen LogP contribution in [0.3, 0.4) is 0 Å². The Hall–Kier alpha value is -1.03.